The lowest BCUT2D eigenvalue weighted by atomic mass is 9.98. The van der Waals surface area contributed by atoms with Crippen molar-refractivity contribution in [3.05, 3.63) is 35.4 Å². The van der Waals surface area contributed by atoms with E-state index in [1.54, 1.807) is 0 Å². The van der Waals surface area contributed by atoms with Gasteiger partial charge in [0.1, 0.15) is 0 Å². The van der Waals surface area contributed by atoms with Crippen LogP contribution < -0.4 is 10.6 Å². The fourth-order valence-electron chi connectivity index (χ4n) is 4.25. The lowest BCUT2D eigenvalue weighted by Gasteiger charge is -2.41. The first-order chi connectivity index (χ1) is 14.0. The van der Waals surface area contributed by atoms with Crippen LogP contribution in [0.3, 0.4) is 0 Å². The molecule has 2 heterocycles. The van der Waals surface area contributed by atoms with E-state index >= 15 is 0 Å². The second kappa shape index (κ2) is 11.9. The molecule has 1 aromatic rings. The van der Waals surface area contributed by atoms with Crippen molar-refractivity contribution in [3.8, 4) is 0 Å². The minimum absolute atomic E-state index is 0. The topological polar surface area (TPSA) is 60.0 Å². The molecule has 0 saturated carbocycles. The number of hydrogen-bond acceptors (Lipinski definition) is 3. The average Bonchev–Trinajstić information content (AvgIpc) is 3.13. The van der Waals surface area contributed by atoms with E-state index in [1.807, 2.05) is 11.9 Å². The van der Waals surface area contributed by atoms with E-state index in [0.29, 0.717) is 19.5 Å². The Balaban J connectivity index is 0.00000320. The van der Waals surface area contributed by atoms with Crippen LogP contribution in [0.25, 0.3) is 0 Å². The van der Waals surface area contributed by atoms with Crippen LogP contribution >= 0.6 is 24.0 Å². The van der Waals surface area contributed by atoms with Crippen LogP contribution in [0.2, 0.25) is 0 Å². The summed E-state index contributed by atoms with van der Waals surface area (Å²) < 4.78 is 0. The van der Waals surface area contributed by atoms with Crippen molar-refractivity contribution in [2.75, 3.05) is 33.2 Å². The van der Waals surface area contributed by atoms with E-state index in [0.717, 1.165) is 25.5 Å². The number of amides is 1. The van der Waals surface area contributed by atoms with E-state index in [9.17, 15) is 4.79 Å². The number of rotatable bonds is 7. The monoisotopic (exact) mass is 527 g/mol. The van der Waals surface area contributed by atoms with Crippen LogP contribution in [-0.2, 0) is 17.9 Å². The quantitative estimate of drug-likeness (QED) is 0.325. The molecule has 0 aliphatic carbocycles. The van der Waals surface area contributed by atoms with Crippen molar-refractivity contribution < 1.29 is 4.79 Å². The van der Waals surface area contributed by atoms with Gasteiger partial charge in [-0.25, -0.2) is 0 Å². The molecule has 0 spiro atoms. The molecule has 168 valence electrons. The maximum absolute atomic E-state index is 11.9. The van der Waals surface area contributed by atoms with Crippen molar-refractivity contribution >= 4 is 35.8 Å². The van der Waals surface area contributed by atoms with Crippen LogP contribution in [0.5, 0.6) is 0 Å². The number of guanidine groups is 1. The molecule has 0 bridgehead atoms. The van der Waals surface area contributed by atoms with E-state index in [4.69, 9.17) is 0 Å². The summed E-state index contributed by atoms with van der Waals surface area (Å²) in [5.41, 5.74) is 2.50. The lowest BCUT2D eigenvalue weighted by molar-refractivity contribution is -0.128. The van der Waals surface area contributed by atoms with Crippen LogP contribution in [0.15, 0.2) is 29.3 Å². The number of nitrogens with one attached hydrogen (secondary N) is 2. The Kier molecular flexibility index (Phi) is 9.87. The number of aliphatic imine (C=N–C) groups is 1. The normalized spacial score (nSPS) is 18.3. The summed E-state index contributed by atoms with van der Waals surface area (Å²) in [7, 11) is 1.82. The molecular weight excluding hydrogens is 489 g/mol. The molecule has 6 nitrogen and oxygen atoms in total. The van der Waals surface area contributed by atoms with E-state index < -0.39 is 0 Å². The molecule has 2 N–H and O–H groups in total. The van der Waals surface area contributed by atoms with Crippen molar-refractivity contribution in [3.63, 3.8) is 0 Å². The van der Waals surface area contributed by atoms with Crippen molar-refractivity contribution in [2.24, 2.45) is 4.99 Å². The highest BCUT2D eigenvalue weighted by atomic mass is 127. The van der Waals surface area contributed by atoms with Crippen LogP contribution in [0.4, 0.5) is 0 Å². The van der Waals surface area contributed by atoms with Gasteiger partial charge in [-0.05, 0) is 57.3 Å². The largest absolute Gasteiger partial charge is 0.355 e. The number of halogens is 1. The second-order valence-electron chi connectivity index (χ2n) is 8.88. The van der Waals surface area contributed by atoms with Gasteiger partial charge in [0.2, 0.25) is 5.91 Å². The summed E-state index contributed by atoms with van der Waals surface area (Å²) >= 11 is 0. The maximum atomic E-state index is 11.9. The molecule has 3 rings (SSSR count). The molecule has 0 unspecified atom stereocenters. The van der Waals surface area contributed by atoms with E-state index in [2.05, 4.69) is 58.6 Å². The Morgan fingerprint density at radius 3 is 2.47 bits per heavy atom. The van der Waals surface area contributed by atoms with Gasteiger partial charge in [-0.2, -0.15) is 0 Å². The molecule has 2 aliphatic heterocycles. The van der Waals surface area contributed by atoms with Gasteiger partial charge in [-0.15, -0.1) is 24.0 Å². The Labute approximate surface area is 198 Å². The first kappa shape index (κ1) is 24.9. The van der Waals surface area contributed by atoms with Gasteiger partial charge < -0.3 is 15.5 Å². The van der Waals surface area contributed by atoms with Crippen molar-refractivity contribution in [2.45, 2.75) is 64.6 Å². The van der Waals surface area contributed by atoms with Gasteiger partial charge in [0, 0.05) is 45.2 Å². The maximum Gasteiger partial charge on any atom is 0.222 e. The zero-order valence-corrected chi connectivity index (χ0v) is 21.1. The van der Waals surface area contributed by atoms with Gasteiger partial charge in [0.25, 0.3) is 0 Å². The van der Waals surface area contributed by atoms with E-state index in [1.165, 1.54) is 43.5 Å². The van der Waals surface area contributed by atoms with E-state index in [-0.39, 0.29) is 35.4 Å². The summed E-state index contributed by atoms with van der Waals surface area (Å²) in [6.07, 6.45) is 5.63. The smallest absolute Gasteiger partial charge is 0.222 e. The highest BCUT2D eigenvalue weighted by Crippen LogP contribution is 2.20. The van der Waals surface area contributed by atoms with Gasteiger partial charge in [-0.3, -0.25) is 14.7 Å². The number of carbonyl (C=O) groups excluding carboxylic acids is 1. The molecule has 0 radical (unpaired) electrons. The molecular formula is C23H38IN5O. The number of piperidine rings is 1. The lowest BCUT2D eigenvalue weighted by Crippen LogP contribution is -2.54. The predicted molar refractivity (Wildman–Crippen MR) is 134 cm³/mol. The molecule has 7 heteroatoms. The minimum atomic E-state index is 0. The fourth-order valence-corrected chi connectivity index (χ4v) is 4.25. The van der Waals surface area contributed by atoms with Crippen molar-refractivity contribution in [1.82, 2.24) is 20.4 Å². The Bertz CT molecular complexity index is 715. The Morgan fingerprint density at radius 1 is 1.07 bits per heavy atom. The average molecular weight is 527 g/mol. The van der Waals surface area contributed by atoms with Crippen LogP contribution in [-0.4, -0.2) is 60.4 Å². The third-order valence-electron chi connectivity index (χ3n) is 6.12. The number of benzene rings is 1. The predicted octanol–water partition coefficient (Wildman–Crippen LogP) is 3.36. The van der Waals surface area contributed by atoms with Crippen LogP contribution in [0, 0.1) is 0 Å². The Morgan fingerprint density at radius 2 is 1.80 bits per heavy atom. The SMILES string of the molecule is CN=C(NCc1cccc(CN2CCCC2=O)c1)NCC(C)(C)N1CCCCC1.I. The van der Waals surface area contributed by atoms with Crippen LogP contribution in [0.1, 0.15) is 57.1 Å². The standard InChI is InChI=1S/C23H37N5O.HI/c1-23(2,28-13-5-4-6-14-28)18-26-22(24-3)25-16-19-9-7-10-20(15-19)17-27-12-8-11-21(27)29;/h7,9-10,15H,4-6,8,11-14,16-18H2,1-3H3,(H2,24,25,26);1H. The molecule has 2 saturated heterocycles. The van der Waals surface area contributed by atoms with Crippen molar-refractivity contribution in [1.29, 1.82) is 0 Å². The molecule has 1 amide bonds. The number of carbonyl (C=O) groups is 1. The van der Waals surface area contributed by atoms with Gasteiger partial charge in [-0.1, -0.05) is 30.7 Å². The van der Waals surface area contributed by atoms with Gasteiger partial charge in [0.05, 0.1) is 0 Å². The third kappa shape index (κ3) is 7.11. The molecule has 0 aromatic heterocycles. The number of nitrogens with zero attached hydrogens (tertiary/aromatic N) is 3. The van der Waals surface area contributed by atoms with Gasteiger partial charge >= 0.3 is 0 Å². The summed E-state index contributed by atoms with van der Waals surface area (Å²) in [5, 5.41) is 6.93. The molecule has 1 aromatic carbocycles. The molecule has 0 atom stereocenters. The third-order valence-corrected chi connectivity index (χ3v) is 6.12. The number of hydrogen-bond donors (Lipinski definition) is 2. The summed E-state index contributed by atoms with van der Waals surface area (Å²) in [6.45, 7) is 10.2. The first-order valence-corrected chi connectivity index (χ1v) is 11.0. The molecule has 2 fully saturated rings. The Hall–Kier alpha value is -1.35. The molecule has 30 heavy (non-hydrogen) atoms. The second-order valence-corrected chi connectivity index (χ2v) is 8.88. The molecule has 2 aliphatic rings. The summed E-state index contributed by atoms with van der Waals surface area (Å²) in [4.78, 5) is 20.8. The fraction of sp³-hybridized carbons (Fsp3) is 0.652. The zero-order chi connectivity index (χ0) is 20.7. The highest BCUT2D eigenvalue weighted by Gasteiger charge is 2.27. The highest BCUT2D eigenvalue weighted by molar-refractivity contribution is 14.0. The minimum Gasteiger partial charge on any atom is -0.355 e. The summed E-state index contributed by atoms with van der Waals surface area (Å²) in [5.74, 6) is 1.10. The summed E-state index contributed by atoms with van der Waals surface area (Å²) in [6, 6.07) is 8.47. The number of likely N-dealkylation sites (tertiary alicyclic amines) is 2. The zero-order valence-electron chi connectivity index (χ0n) is 18.7. The van der Waals surface area contributed by atoms with Gasteiger partial charge in [0.15, 0.2) is 5.96 Å². The first-order valence-electron chi connectivity index (χ1n) is 11.0.